The largest absolute Gasteiger partial charge is 0.497 e. The first-order valence-electron chi connectivity index (χ1n) is 12.3. The lowest BCUT2D eigenvalue weighted by Crippen LogP contribution is -2.50. The van der Waals surface area contributed by atoms with Gasteiger partial charge in [-0.2, -0.15) is 0 Å². The molecule has 0 aliphatic carbocycles. The number of carbonyl (C=O) groups is 2. The molecule has 0 saturated heterocycles. The van der Waals surface area contributed by atoms with Crippen molar-refractivity contribution < 1.29 is 14.3 Å². The summed E-state index contributed by atoms with van der Waals surface area (Å²) in [4.78, 5) is 28.6. The fraction of sp³-hybridized carbons (Fsp3) is 0.276. The monoisotopic (exact) mass is 501 g/mol. The number of ether oxygens (including phenoxy) is 1. The third-order valence-corrected chi connectivity index (χ3v) is 6.25. The topological polar surface area (TPSA) is 135 Å². The smallest absolute Gasteiger partial charge is 0.240 e. The molecular formula is C29H35N5O3. The standard InChI is InChI=1S/C29H35N5O3/c1-37-24-15-8-10-21(20-24)17-19-34(25(27(30)35)16-9-18-33-29(31)32)28(36)26(22-11-4-2-5-12-22)23-13-6-3-7-14-23/h2-8,10-15,20,25-26H,9,16-19H2,1H3,(H2,30,35)(H4,31,32,33)/t25-/m1/s1. The Labute approximate surface area is 218 Å². The Balaban J connectivity index is 1.96. The Morgan fingerprint density at radius 1 is 0.946 bits per heavy atom. The average molecular weight is 502 g/mol. The normalized spacial score (nSPS) is 11.5. The number of nitrogens with zero attached hydrogens (tertiary/aromatic N) is 1. The van der Waals surface area contributed by atoms with E-state index in [0.29, 0.717) is 32.4 Å². The van der Waals surface area contributed by atoms with Crippen LogP contribution < -0.4 is 21.5 Å². The summed E-state index contributed by atoms with van der Waals surface area (Å²) in [6.45, 7) is 0.702. The number of nitrogens with one attached hydrogen (secondary N) is 2. The van der Waals surface area contributed by atoms with Gasteiger partial charge in [0.2, 0.25) is 11.8 Å². The second-order valence-electron chi connectivity index (χ2n) is 8.79. The zero-order valence-electron chi connectivity index (χ0n) is 21.1. The van der Waals surface area contributed by atoms with E-state index in [0.717, 1.165) is 22.4 Å². The van der Waals surface area contributed by atoms with Crippen LogP contribution in [0.5, 0.6) is 5.75 Å². The molecule has 0 aliphatic heterocycles. The molecule has 8 nitrogen and oxygen atoms in total. The molecule has 3 rings (SSSR count). The number of carbonyl (C=O) groups excluding carboxylic acids is 2. The van der Waals surface area contributed by atoms with E-state index in [-0.39, 0.29) is 11.9 Å². The number of amides is 2. The van der Waals surface area contributed by atoms with Gasteiger partial charge in [0.05, 0.1) is 13.0 Å². The number of hydrogen-bond donors (Lipinski definition) is 4. The van der Waals surface area contributed by atoms with Crippen molar-refractivity contribution in [3.63, 3.8) is 0 Å². The number of rotatable bonds is 13. The minimum atomic E-state index is -0.818. The van der Waals surface area contributed by atoms with Crippen LogP contribution in [-0.2, 0) is 16.0 Å². The molecule has 0 unspecified atom stereocenters. The van der Waals surface area contributed by atoms with Crippen molar-refractivity contribution in [1.82, 2.24) is 10.2 Å². The molecule has 0 aromatic heterocycles. The summed E-state index contributed by atoms with van der Waals surface area (Å²) < 4.78 is 5.34. The summed E-state index contributed by atoms with van der Waals surface area (Å²) in [6, 6.07) is 25.9. The molecule has 0 bridgehead atoms. The highest BCUT2D eigenvalue weighted by Gasteiger charge is 2.34. The van der Waals surface area contributed by atoms with Crippen molar-refractivity contribution >= 4 is 17.8 Å². The fourth-order valence-electron chi connectivity index (χ4n) is 4.40. The van der Waals surface area contributed by atoms with Gasteiger partial charge in [-0.15, -0.1) is 0 Å². The van der Waals surface area contributed by atoms with Gasteiger partial charge >= 0.3 is 0 Å². The number of hydrogen-bond acceptors (Lipinski definition) is 4. The fourth-order valence-corrected chi connectivity index (χ4v) is 4.40. The Kier molecular flexibility index (Phi) is 10.1. The quantitative estimate of drug-likeness (QED) is 0.162. The Hall–Kier alpha value is -4.33. The molecule has 0 saturated carbocycles. The minimum Gasteiger partial charge on any atom is -0.497 e. The molecule has 0 radical (unpaired) electrons. The predicted octanol–water partition coefficient (Wildman–Crippen LogP) is 3.02. The summed E-state index contributed by atoms with van der Waals surface area (Å²) >= 11 is 0. The van der Waals surface area contributed by atoms with Gasteiger partial charge in [-0.05, 0) is 48.1 Å². The molecule has 1 atom stereocenters. The summed E-state index contributed by atoms with van der Waals surface area (Å²) in [5.74, 6) is -0.770. The molecule has 37 heavy (non-hydrogen) atoms. The summed E-state index contributed by atoms with van der Waals surface area (Å²) in [5.41, 5.74) is 13.9. The van der Waals surface area contributed by atoms with Gasteiger partial charge < -0.3 is 26.4 Å². The van der Waals surface area contributed by atoms with E-state index in [9.17, 15) is 9.59 Å². The first-order chi connectivity index (χ1) is 17.9. The first kappa shape index (κ1) is 27.3. The maximum Gasteiger partial charge on any atom is 0.240 e. The second-order valence-corrected chi connectivity index (χ2v) is 8.79. The van der Waals surface area contributed by atoms with E-state index in [1.54, 1.807) is 12.0 Å². The van der Waals surface area contributed by atoms with Crippen molar-refractivity contribution in [3.05, 3.63) is 102 Å². The van der Waals surface area contributed by atoms with Crippen LogP contribution in [0.3, 0.4) is 0 Å². The molecular weight excluding hydrogens is 466 g/mol. The maximum absolute atomic E-state index is 14.3. The molecule has 6 N–H and O–H groups in total. The molecule has 2 amide bonds. The van der Waals surface area contributed by atoms with Gasteiger partial charge in [-0.3, -0.25) is 15.0 Å². The molecule has 0 spiro atoms. The number of guanidine groups is 1. The van der Waals surface area contributed by atoms with E-state index in [1.807, 2.05) is 84.9 Å². The van der Waals surface area contributed by atoms with Crippen LogP contribution in [-0.4, -0.2) is 48.9 Å². The molecule has 3 aromatic carbocycles. The number of benzene rings is 3. The SMILES string of the molecule is COc1cccc(CCN(C(=O)C(c2ccccc2)c2ccccc2)[C@H](CCCNC(=N)N)C(N)=O)c1. The number of primary amides is 1. The molecule has 0 heterocycles. The zero-order valence-corrected chi connectivity index (χ0v) is 21.1. The lowest BCUT2D eigenvalue weighted by Gasteiger charge is -2.33. The van der Waals surface area contributed by atoms with Crippen LogP contribution >= 0.6 is 0 Å². The zero-order chi connectivity index (χ0) is 26.6. The van der Waals surface area contributed by atoms with Crippen molar-refractivity contribution in [2.24, 2.45) is 11.5 Å². The average Bonchev–Trinajstić information content (AvgIpc) is 2.91. The Morgan fingerprint density at radius 3 is 2.11 bits per heavy atom. The highest BCUT2D eigenvalue weighted by Crippen LogP contribution is 2.28. The second kappa shape index (κ2) is 13.7. The lowest BCUT2D eigenvalue weighted by atomic mass is 9.89. The van der Waals surface area contributed by atoms with Gasteiger partial charge in [0.1, 0.15) is 11.8 Å². The van der Waals surface area contributed by atoms with Crippen molar-refractivity contribution in [1.29, 1.82) is 5.41 Å². The van der Waals surface area contributed by atoms with Crippen molar-refractivity contribution in [3.8, 4) is 5.75 Å². The molecule has 8 heteroatoms. The molecule has 3 aromatic rings. The predicted molar refractivity (Wildman–Crippen MR) is 145 cm³/mol. The Morgan fingerprint density at radius 2 is 1.57 bits per heavy atom. The van der Waals surface area contributed by atoms with E-state index < -0.39 is 17.9 Å². The lowest BCUT2D eigenvalue weighted by molar-refractivity contribution is -0.140. The minimum absolute atomic E-state index is 0.144. The van der Waals surface area contributed by atoms with Crippen LogP contribution in [0.4, 0.5) is 0 Å². The van der Waals surface area contributed by atoms with Gasteiger partial charge in [-0.25, -0.2) is 0 Å². The van der Waals surface area contributed by atoms with E-state index in [2.05, 4.69) is 5.32 Å². The van der Waals surface area contributed by atoms with Gasteiger partial charge in [0, 0.05) is 13.1 Å². The summed E-state index contributed by atoms with van der Waals surface area (Å²) in [5, 5.41) is 10.1. The van der Waals surface area contributed by atoms with Crippen LogP contribution in [0, 0.1) is 5.41 Å². The highest BCUT2D eigenvalue weighted by molar-refractivity contribution is 5.92. The highest BCUT2D eigenvalue weighted by atomic mass is 16.5. The van der Waals surface area contributed by atoms with E-state index in [4.69, 9.17) is 21.6 Å². The maximum atomic E-state index is 14.3. The Bertz CT molecular complexity index is 1130. The van der Waals surface area contributed by atoms with E-state index in [1.165, 1.54) is 0 Å². The van der Waals surface area contributed by atoms with Gasteiger partial charge in [-0.1, -0.05) is 72.8 Å². The third-order valence-electron chi connectivity index (χ3n) is 6.25. The van der Waals surface area contributed by atoms with Gasteiger partial charge in [0.15, 0.2) is 5.96 Å². The van der Waals surface area contributed by atoms with Crippen LogP contribution in [0.1, 0.15) is 35.4 Å². The summed E-state index contributed by atoms with van der Waals surface area (Å²) in [7, 11) is 1.61. The summed E-state index contributed by atoms with van der Waals surface area (Å²) in [6.07, 6.45) is 1.38. The first-order valence-corrected chi connectivity index (χ1v) is 12.3. The van der Waals surface area contributed by atoms with Crippen LogP contribution in [0.2, 0.25) is 0 Å². The third kappa shape index (κ3) is 7.83. The molecule has 0 aliphatic rings. The molecule has 0 fully saturated rings. The number of methoxy groups -OCH3 is 1. The van der Waals surface area contributed by atoms with Crippen LogP contribution in [0.25, 0.3) is 0 Å². The van der Waals surface area contributed by atoms with Crippen molar-refractivity contribution in [2.75, 3.05) is 20.2 Å². The van der Waals surface area contributed by atoms with E-state index >= 15 is 0 Å². The van der Waals surface area contributed by atoms with Gasteiger partial charge in [0.25, 0.3) is 0 Å². The number of nitrogens with two attached hydrogens (primary N) is 2. The molecule has 194 valence electrons. The van der Waals surface area contributed by atoms with Crippen molar-refractivity contribution in [2.45, 2.75) is 31.2 Å². The van der Waals surface area contributed by atoms with Crippen LogP contribution in [0.15, 0.2) is 84.9 Å².